The average molecular weight is 210 g/mol. The summed E-state index contributed by atoms with van der Waals surface area (Å²) in [6.45, 7) is 8.67. The smallest absolute Gasteiger partial charge is 0.333 e. The molecule has 0 aromatic rings. The zero-order valence-corrected chi connectivity index (χ0v) is 10.4. The summed E-state index contributed by atoms with van der Waals surface area (Å²) in [6.07, 6.45) is 4.71. The van der Waals surface area contributed by atoms with E-state index in [9.17, 15) is 4.79 Å². The van der Waals surface area contributed by atoms with E-state index in [2.05, 4.69) is 13.8 Å². The van der Waals surface area contributed by atoms with Gasteiger partial charge in [-0.2, -0.15) is 0 Å². The third-order valence-corrected chi connectivity index (χ3v) is 3.33. The average Bonchev–Trinajstić information content (AvgIpc) is 2.16. The minimum Gasteiger partial charge on any atom is -0.463 e. The highest BCUT2D eigenvalue weighted by Crippen LogP contribution is 2.41. The van der Waals surface area contributed by atoms with Gasteiger partial charge in [-0.05, 0) is 38.5 Å². The van der Waals surface area contributed by atoms with Crippen LogP contribution >= 0.6 is 0 Å². The molecule has 1 saturated carbocycles. The van der Waals surface area contributed by atoms with Crippen molar-refractivity contribution in [3.8, 4) is 0 Å². The van der Waals surface area contributed by atoms with Gasteiger partial charge in [-0.3, -0.25) is 0 Å². The normalized spacial score (nSPS) is 23.5. The lowest BCUT2D eigenvalue weighted by molar-refractivity contribution is -0.138. The maximum absolute atomic E-state index is 11.6. The van der Waals surface area contributed by atoms with Crippen molar-refractivity contribution >= 4 is 5.97 Å². The van der Waals surface area contributed by atoms with Crippen LogP contribution < -0.4 is 0 Å². The first-order valence-corrected chi connectivity index (χ1v) is 5.86. The predicted octanol–water partition coefficient (Wildman–Crippen LogP) is 3.47. The largest absolute Gasteiger partial charge is 0.463 e. The number of hydrogen-bond donors (Lipinski definition) is 0. The molecule has 2 heteroatoms. The van der Waals surface area contributed by atoms with Gasteiger partial charge in [0.25, 0.3) is 0 Å². The Morgan fingerprint density at radius 2 is 2.07 bits per heavy atom. The van der Waals surface area contributed by atoms with Gasteiger partial charge in [-0.1, -0.05) is 25.8 Å². The molecule has 1 rings (SSSR count). The summed E-state index contributed by atoms with van der Waals surface area (Å²) in [7, 11) is 0. The Kier molecular flexibility index (Phi) is 3.95. The molecule has 2 nitrogen and oxygen atoms in total. The molecule has 0 N–H and O–H groups in total. The van der Waals surface area contributed by atoms with Gasteiger partial charge in [0.15, 0.2) is 0 Å². The molecular formula is C13H22O2. The van der Waals surface area contributed by atoms with Crippen LogP contribution in [0.15, 0.2) is 11.1 Å². The van der Waals surface area contributed by atoms with Crippen LogP contribution in [0.5, 0.6) is 0 Å². The molecule has 0 aromatic heterocycles. The number of carbonyl (C=O) groups is 1. The van der Waals surface area contributed by atoms with Crippen LogP contribution in [-0.2, 0) is 9.53 Å². The number of rotatable bonds is 2. The molecule has 0 aromatic carbocycles. The van der Waals surface area contributed by atoms with Crippen molar-refractivity contribution < 1.29 is 9.53 Å². The number of ether oxygens (including phenoxy) is 1. The van der Waals surface area contributed by atoms with E-state index in [-0.39, 0.29) is 11.4 Å². The number of esters is 1. The Bertz CT molecular complexity index is 274. The van der Waals surface area contributed by atoms with Crippen molar-refractivity contribution in [2.24, 2.45) is 5.41 Å². The Labute approximate surface area is 92.7 Å². The molecule has 0 heterocycles. The zero-order valence-electron chi connectivity index (χ0n) is 10.4. The lowest BCUT2D eigenvalue weighted by atomic mass is 9.71. The van der Waals surface area contributed by atoms with E-state index in [0.29, 0.717) is 6.61 Å². The van der Waals surface area contributed by atoms with Gasteiger partial charge in [-0.25, -0.2) is 4.79 Å². The highest BCUT2D eigenvalue weighted by Gasteiger charge is 2.29. The third kappa shape index (κ3) is 2.83. The molecule has 1 aliphatic rings. The SMILES string of the molecule is CCOC(=O)/C(C)=C1\CCCCC1(C)C. The standard InChI is InChI=1S/C13H22O2/c1-5-15-12(14)10(2)11-8-6-7-9-13(11,3)4/h5-9H2,1-4H3/b11-10+. The molecule has 0 amide bonds. The lowest BCUT2D eigenvalue weighted by Gasteiger charge is -2.34. The highest BCUT2D eigenvalue weighted by atomic mass is 16.5. The molecule has 0 saturated heterocycles. The van der Waals surface area contributed by atoms with Gasteiger partial charge >= 0.3 is 5.97 Å². The van der Waals surface area contributed by atoms with Gasteiger partial charge in [0.2, 0.25) is 0 Å². The van der Waals surface area contributed by atoms with E-state index in [1.165, 1.54) is 24.8 Å². The van der Waals surface area contributed by atoms with Crippen LogP contribution in [0.25, 0.3) is 0 Å². The van der Waals surface area contributed by atoms with Crippen LogP contribution in [-0.4, -0.2) is 12.6 Å². The van der Waals surface area contributed by atoms with Gasteiger partial charge < -0.3 is 4.74 Å². The summed E-state index contributed by atoms with van der Waals surface area (Å²) in [5, 5.41) is 0. The molecule has 0 spiro atoms. The quantitative estimate of drug-likeness (QED) is 0.515. The van der Waals surface area contributed by atoms with E-state index in [1.807, 2.05) is 13.8 Å². The van der Waals surface area contributed by atoms with E-state index in [4.69, 9.17) is 4.74 Å². The second kappa shape index (κ2) is 4.82. The van der Waals surface area contributed by atoms with E-state index >= 15 is 0 Å². The molecule has 0 aliphatic heterocycles. The van der Waals surface area contributed by atoms with Crippen LogP contribution in [0.1, 0.15) is 53.4 Å². The van der Waals surface area contributed by atoms with Crippen molar-refractivity contribution in [3.05, 3.63) is 11.1 Å². The zero-order chi connectivity index (χ0) is 11.5. The van der Waals surface area contributed by atoms with Gasteiger partial charge in [0.05, 0.1) is 6.61 Å². The molecular weight excluding hydrogens is 188 g/mol. The van der Waals surface area contributed by atoms with Crippen molar-refractivity contribution in [2.75, 3.05) is 6.61 Å². The van der Waals surface area contributed by atoms with Crippen LogP contribution in [0, 0.1) is 5.41 Å². The summed E-state index contributed by atoms with van der Waals surface area (Å²) in [6, 6.07) is 0. The van der Waals surface area contributed by atoms with Crippen molar-refractivity contribution in [3.63, 3.8) is 0 Å². The first-order chi connectivity index (χ1) is 6.99. The molecule has 15 heavy (non-hydrogen) atoms. The summed E-state index contributed by atoms with van der Waals surface area (Å²) in [5.74, 6) is -0.137. The van der Waals surface area contributed by atoms with E-state index < -0.39 is 0 Å². The second-order valence-corrected chi connectivity index (χ2v) is 4.92. The van der Waals surface area contributed by atoms with Crippen LogP contribution in [0.3, 0.4) is 0 Å². The Hall–Kier alpha value is -0.790. The highest BCUT2D eigenvalue weighted by molar-refractivity contribution is 5.88. The van der Waals surface area contributed by atoms with Crippen molar-refractivity contribution in [1.82, 2.24) is 0 Å². The number of hydrogen-bond acceptors (Lipinski definition) is 2. The Morgan fingerprint density at radius 1 is 1.40 bits per heavy atom. The van der Waals surface area contributed by atoms with Gasteiger partial charge in [0, 0.05) is 5.57 Å². The monoisotopic (exact) mass is 210 g/mol. The molecule has 0 radical (unpaired) electrons. The van der Waals surface area contributed by atoms with Crippen molar-refractivity contribution in [1.29, 1.82) is 0 Å². The Balaban J connectivity index is 2.90. The van der Waals surface area contributed by atoms with Crippen LogP contribution in [0.2, 0.25) is 0 Å². The molecule has 0 atom stereocenters. The first kappa shape index (κ1) is 12.3. The summed E-state index contributed by atoms with van der Waals surface area (Å²) < 4.78 is 5.05. The predicted molar refractivity (Wildman–Crippen MR) is 61.6 cm³/mol. The summed E-state index contributed by atoms with van der Waals surface area (Å²) >= 11 is 0. The first-order valence-electron chi connectivity index (χ1n) is 5.86. The molecule has 1 fully saturated rings. The molecule has 86 valence electrons. The maximum Gasteiger partial charge on any atom is 0.333 e. The second-order valence-electron chi connectivity index (χ2n) is 4.92. The van der Waals surface area contributed by atoms with E-state index in [1.54, 1.807) is 0 Å². The van der Waals surface area contributed by atoms with E-state index in [0.717, 1.165) is 12.0 Å². The number of allylic oxidation sites excluding steroid dienone is 1. The minimum atomic E-state index is -0.137. The third-order valence-electron chi connectivity index (χ3n) is 3.33. The molecule has 0 bridgehead atoms. The summed E-state index contributed by atoms with van der Waals surface area (Å²) in [5.41, 5.74) is 2.31. The molecule has 0 unspecified atom stereocenters. The van der Waals surface area contributed by atoms with Crippen LogP contribution in [0.4, 0.5) is 0 Å². The van der Waals surface area contributed by atoms with Gasteiger partial charge in [-0.15, -0.1) is 0 Å². The minimum absolute atomic E-state index is 0.137. The fraction of sp³-hybridized carbons (Fsp3) is 0.769. The fourth-order valence-corrected chi connectivity index (χ4v) is 2.42. The fourth-order valence-electron chi connectivity index (χ4n) is 2.42. The number of carbonyl (C=O) groups excluding carboxylic acids is 1. The lowest BCUT2D eigenvalue weighted by Crippen LogP contribution is -2.23. The molecule has 1 aliphatic carbocycles. The maximum atomic E-state index is 11.6. The topological polar surface area (TPSA) is 26.3 Å². The van der Waals surface area contributed by atoms with Crippen molar-refractivity contribution in [2.45, 2.75) is 53.4 Å². The van der Waals surface area contributed by atoms with Gasteiger partial charge in [0.1, 0.15) is 0 Å². The summed E-state index contributed by atoms with van der Waals surface area (Å²) in [4.78, 5) is 11.6. The Morgan fingerprint density at radius 3 is 2.60 bits per heavy atom.